The summed E-state index contributed by atoms with van der Waals surface area (Å²) in [4.78, 5) is 2.19. The normalized spacial score (nSPS) is 18.0. The standard InChI is InChI=1S/C19H22FN3OS/c20-14-8-6-13(7-9-14)18-16-12-23(11-10-17(16)22-24-18)19(25)21-15-4-2-1-3-5-15/h6-9,15H,1-5,10-12H2,(H,21,25). The summed E-state index contributed by atoms with van der Waals surface area (Å²) in [6.07, 6.45) is 7.11. The van der Waals surface area contributed by atoms with Gasteiger partial charge in [0, 0.05) is 30.1 Å². The minimum Gasteiger partial charge on any atom is -0.360 e. The summed E-state index contributed by atoms with van der Waals surface area (Å²) in [5.74, 6) is 0.469. The first-order chi connectivity index (χ1) is 12.2. The zero-order valence-corrected chi connectivity index (χ0v) is 14.9. The van der Waals surface area contributed by atoms with E-state index in [4.69, 9.17) is 16.7 Å². The van der Waals surface area contributed by atoms with Gasteiger partial charge in [-0.05, 0) is 49.3 Å². The van der Waals surface area contributed by atoms with Crippen molar-refractivity contribution < 1.29 is 8.91 Å². The topological polar surface area (TPSA) is 41.3 Å². The van der Waals surface area contributed by atoms with E-state index in [-0.39, 0.29) is 5.82 Å². The van der Waals surface area contributed by atoms with Crippen LogP contribution in [-0.2, 0) is 13.0 Å². The Labute approximate surface area is 152 Å². The molecule has 1 fully saturated rings. The molecule has 2 aromatic rings. The third kappa shape index (κ3) is 3.54. The second-order valence-corrected chi connectivity index (χ2v) is 7.29. The van der Waals surface area contributed by atoms with Gasteiger partial charge in [-0.3, -0.25) is 0 Å². The molecule has 0 amide bonds. The molecule has 2 aliphatic rings. The first-order valence-electron chi connectivity index (χ1n) is 8.99. The average Bonchev–Trinajstić information content (AvgIpc) is 3.06. The Bertz CT molecular complexity index is 753. The quantitative estimate of drug-likeness (QED) is 0.820. The van der Waals surface area contributed by atoms with Gasteiger partial charge in [-0.1, -0.05) is 24.4 Å². The van der Waals surface area contributed by atoms with Gasteiger partial charge < -0.3 is 14.7 Å². The molecular weight excluding hydrogens is 337 g/mol. The molecule has 132 valence electrons. The van der Waals surface area contributed by atoms with Crippen LogP contribution in [0.3, 0.4) is 0 Å². The van der Waals surface area contributed by atoms with Crippen LogP contribution in [0.15, 0.2) is 28.8 Å². The maximum absolute atomic E-state index is 13.2. The third-order valence-corrected chi connectivity index (χ3v) is 5.54. The number of halogens is 1. The van der Waals surface area contributed by atoms with Gasteiger partial charge in [0.2, 0.25) is 0 Å². The van der Waals surface area contributed by atoms with Gasteiger partial charge in [0.15, 0.2) is 10.9 Å². The first-order valence-corrected chi connectivity index (χ1v) is 9.40. The summed E-state index contributed by atoms with van der Waals surface area (Å²) in [6.45, 7) is 1.53. The van der Waals surface area contributed by atoms with Crippen molar-refractivity contribution in [1.82, 2.24) is 15.4 Å². The lowest BCUT2D eigenvalue weighted by Gasteiger charge is -2.32. The molecule has 1 aromatic heterocycles. The van der Waals surface area contributed by atoms with Gasteiger partial charge >= 0.3 is 0 Å². The van der Waals surface area contributed by atoms with Crippen LogP contribution in [0, 0.1) is 5.82 Å². The number of nitrogens with zero attached hydrogens (tertiary/aromatic N) is 2. The highest BCUT2D eigenvalue weighted by atomic mass is 32.1. The van der Waals surface area contributed by atoms with Gasteiger partial charge in [0.25, 0.3) is 0 Å². The van der Waals surface area contributed by atoms with Gasteiger partial charge in [-0.25, -0.2) is 4.39 Å². The Balaban J connectivity index is 1.49. The van der Waals surface area contributed by atoms with Crippen molar-refractivity contribution >= 4 is 17.3 Å². The minimum atomic E-state index is -0.253. The lowest BCUT2D eigenvalue weighted by atomic mass is 9.95. The number of rotatable bonds is 2. The third-order valence-electron chi connectivity index (χ3n) is 5.16. The number of nitrogens with one attached hydrogen (secondary N) is 1. The second kappa shape index (κ2) is 7.12. The summed E-state index contributed by atoms with van der Waals surface area (Å²) in [5, 5.41) is 8.56. The predicted molar refractivity (Wildman–Crippen MR) is 98.6 cm³/mol. The molecule has 0 atom stereocenters. The van der Waals surface area contributed by atoms with E-state index >= 15 is 0 Å². The van der Waals surface area contributed by atoms with Crippen LogP contribution in [-0.4, -0.2) is 27.8 Å². The summed E-state index contributed by atoms with van der Waals surface area (Å²) >= 11 is 5.65. The molecule has 0 radical (unpaired) electrons. The van der Waals surface area contributed by atoms with E-state index in [2.05, 4.69) is 15.4 Å². The molecule has 25 heavy (non-hydrogen) atoms. The molecule has 1 saturated carbocycles. The molecule has 2 heterocycles. The van der Waals surface area contributed by atoms with Crippen LogP contribution in [0.2, 0.25) is 0 Å². The van der Waals surface area contributed by atoms with Crippen molar-refractivity contribution in [2.45, 2.75) is 51.1 Å². The van der Waals surface area contributed by atoms with Gasteiger partial charge in [-0.15, -0.1) is 0 Å². The van der Waals surface area contributed by atoms with Crippen LogP contribution < -0.4 is 5.32 Å². The molecule has 0 unspecified atom stereocenters. The molecule has 1 aliphatic heterocycles. The largest absolute Gasteiger partial charge is 0.360 e. The van der Waals surface area contributed by atoms with Crippen molar-refractivity contribution in [3.63, 3.8) is 0 Å². The number of hydrogen-bond donors (Lipinski definition) is 1. The van der Waals surface area contributed by atoms with E-state index in [1.165, 1.54) is 44.2 Å². The summed E-state index contributed by atoms with van der Waals surface area (Å²) in [5.41, 5.74) is 2.89. The van der Waals surface area contributed by atoms with Crippen molar-refractivity contribution in [3.8, 4) is 11.3 Å². The van der Waals surface area contributed by atoms with Gasteiger partial charge in [0.05, 0.1) is 12.2 Å². The lowest BCUT2D eigenvalue weighted by molar-refractivity contribution is 0.355. The van der Waals surface area contributed by atoms with E-state index in [0.29, 0.717) is 12.6 Å². The smallest absolute Gasteiger partial charge is 0.172 e. The molecule has 4 nitrogen and oxygen atoms in total. The van der Waals surface area contributed by atoms with Crippen LogP contribution >= 0.6 is 12.2 Å². The highest BCUT2D eigenvalue weighted by Gasteiger charge is 2.27. The van der Waals surface area contributed by atoms with Crippen LogP contribution in [0.25, 0.3) is 11.3 Å². The van der Waals surface area contributed by atoms with E-state index in [0.717, 1.165) is 40.7 Å². The molecule has 0 spiro atoms. The SMILES string of the molecule is Fc1ccc(-c2onc3c2CN(C(=S)NC2CCCCC2)CC3)cc1. The monoisotopic (exact) mass is 359 g/mol. The Kier molecular flexibility index (Phi) is 4.70. The molecule has 0 bridgehead atoms. The lowest BCUT2D eigenvalue weighted by Crippen LogP contribution is -2.47. The number of benzene rings is 1. The number of thiocarbonyl (C=S) groups is 1. The minimum absolute atomic E-state index is 0.253. The number of aromatic nitrogens is 1. The van der Waals surface area contributed by atoms with E-state index in [9.17, 15) is 4.39 Å². The second-order valence-electron chi connectivity index (χ2n) is 6.90. The predicted octanol–water partition coefficient (Wildman–Crippen LogP) is 4.05. The summed E-state index contributed by atoms with van der Waals surface area (Å²) < 4.78 is 18.7. The average molecular weight is 359 g/mol. The molecule has 4 rings (SSSR count). The zero-order chi connectivity index (χ0) is 17.2. The molecule has 1 aromatic carbocycles. The van der Waals surface area contributed by atoms with Crippen molar-refractivity contribution in [1.29, 1.82) is 0 Å². The molecule has 1 N–H and O–H groups in total. The van der Waals surface area contributed by atoms with Crippen molar-refractivity contribution in [2.24, 2.45) is 0 Å². The maximum Gasteiger partial charge on any atom is 0.172 e. The van der Waals surface area contributed by atoms with Gasteiger partial charge in [0.1, 0.15) is 5.82 Å². The Morgan fingerprint density at radius 3 is 2.72 bits per heavy atom. The highest BCUT2D eigenvalue weighted by Crippen LogP contribution is 2.30. The fourth-order valence-electron chi connectivity index (χ4n) is 3.73. The Morgan fingerprint density at radius 1 is 1.20 bits per heavy atom. The summed E-state index contributed by atoms with van der Waals surface area (Å²) in [6, 6.07) is 6.85. The molecule has 1 aliphatic carbocycles. The molecular formula is C19H22FN3OS. The summed E-state index contributed by atoms with van der Waals surface area (Å²) in [7, 11) is 0. The Morgan fingerprint density at radius 2 is 1.96 bits per heavy atom. The maximum atomic E-state index is 13.2. The van der Waals surface area contributed by atoms with E-state index in [1.54, 1.807) is 12.1 Å². The van der Waals surface area contributed by atoms with Crippen molar-refractivity contribution in [2.75, 3.05) is 6.54 Å². The molecule has 6 heteroatoms. The van der Waals surface area contributed by atoms with E-state index < -0.39 is 0 Å². The number of hydrogen-bond acceptors (Lipinski definition) is 3. The molecule has 0 saturated heterocycles. The van der Waals surface area contributed by atoms with Gasteiger partial charge in [-0.2, -0.15) is 0 Å². The zero-order valence-electron chi connectivity index (χ0n) is 14.1. The Hall–Kier alpha value is -1.95. The van der Waals surface area contributed by atoms with Crippen molar-refractivity contribution in [3.05, 3.63) is 41.3 Å². The highest BCUT2D eigenvalue weighted by molar-refractivity contribution is 7.80. The van der Waals surface area contributed by atoms with Crippen LogP contribution in [0.1, 0.15) is 43.4 Å². The fraction of sp³-hybridized carbons (Fsp3) is 0.474. The van der Waals surface area contributed by atoms with E-state index in [1.807, 2.05) is 0 Å². The van der Waals surface area contributed by atoms with Crippen LogP contribution in [0.5, 0.6) is 0 Å². The van der Waals surface area contributed by atoms with Crippen LogP contribution in [0.4, 0.5) is 4.39 Å². The first kappa shape index (κ1) is 16.5. The number of fused-ring (bicyclic) bond motifs is 1. The fourth-order valence-corrected chi connectivity index (χ4v) is 4.05.